The van der Waals surface area contributed by atoms with E-state index in [9.17, 15) is 4.79 Å². The van der Waals surface area contributed by atoms with Crippen molar-refractivity contribution in [1.82, 2.24) is 5.32 Å². The Labute approximate surface area is 146 Å². The van der Waals surface area contributed by atoms with Gasteiger partial charge >= 0.3 is 0 Å². The van der Waals surface area contributed by atoms with Crippen LogP contribution in [0.1, 0.15) is 23.5 Å². The van der Waals surface area contributed by atoms with E-state index in [1.54, 1.807) is 12.1 Å². The van der Waals surface area contributed by atoms with Gasteiger partial charge < -0.3 is 11.1 Å². The van der Waals surface area contributed by atoms with E-state index in [0.717, 1.165) is 19.5 Å². The molecule has 0 aromatic heterocycles. The topological polar surface area (TPSA) is 55.1 Å². The minimum Gasteiger partial charge on any atom is -0.369 e. The first-order chi connectivity index (χ1) is 10.5. The number of benzene rings is 1. The predicted molar refractivity (Wildman–Crippen MR) is 92.5 cm³/mol. The average molecular weight is 357 g/mol. The third-order valence-corrected chi connectivity index (χ3v) is 4.67. The average Bonchev–Trinajstić information content (AvgIpc) is 3.01. The van der Waals surface area contributed by atoms with Crippen molar-refractivity contribution >= 4 is 29.9 Å². The van der Waals surface area contributed by atoms with Crippen molar-refractivity contribution < 1.29 is 9.18 Å². The Morgan fingerprint density at radius 3 is 2.61 bits per heavy atom. The highest BCUT2D eigenvalue weighted by Gasteiger charge is 2.43. The molecule has 124 valence electrons. The van der Waals surface area contributed by atoms with Crippen molar-refractivity contribution in [3.8, 4) is 0 Å². The second-order valence-corrected chi connectivity index (χ2v) is 6.28. The van der Waals surface area contributed by atoms with Crippen LogP contribution in [0.25, 0.3) is 0 Å². The van der Waals surface area contributed by atoms with Crippen LogP contribution in [0.15, 0.2) is 47.5 Å². The van der Waals surface area contributed by atoms with Gasteiger partial charge in [0.25, 0.3) is 0 Å². The molecule has 1 aliphatic heterocycles. The highest BCUT2D eigenvalue weighted by molar-refractivity contribution is 6.31. The third kappa shape index (κ3) is 3.44. The van der Waals surface area contributed by atoms with Gasteiger partial charge in [0.2, 0.25) is 5.91 Å². The Morgan fingerprint density at radius 2 is 2.04 bits per heavy atom. The molecule has 1 heterocycles. The summed E-state index contributed by atoms with van der Waals surface area (Å²) >= 11 is 5.93. The first kappa shape index (κ1) is 18.0. The van der Waals surface area contributed by atoms with E-state index in [2.05, 4.69) is 5.32 Å². The summed E-state index contributed by atoms with van der Waals surface area (Å²) in [6.07, 6.45) is 5.28. The molecule has 3 rings (SSSR count). The minimum absolute atomic E-state index is 0. The predicted octanol–water partition coefficient (Wildman–Crippen LogP) is 3.14. The monoisotopic (exact) mass is 356 g/mol. The summed E-state index contributed by atoms with van der Waals surface area (Å²) < 4.78 is 15.5. The highest BCUT2D eigenvalue weighted by Crippen LogP contribution is 2.41. The molecule has 1 aromatic carbocycles. The molecular weight excluding hydrogens is 338 g/mol. The Balaban J connectivity index is 0.00000192. The number of carbonyl (C=O) groups excluding carboxylic acids is 1. The van der Waals surface area contributed by atoms with Gasteiger partial charge in [0.05, 0.1) is 5.92 Å². The zero-order valence-electron chi connectivity index (χ0n) is 12.5. The van der Waals surface area contributed by atoms with Crippen LogP contribution in [0.2, 0.25) is 0 Å². The molecular formula is C17H19Cl2FN2O. The van der Waals surface area contributed by atoms with Crippen LogP contribution < -0.4 is 11.1 Å². The maximum atomic E-state index is 15.5. The quantitative estimate of drug-likeness (QED) is 0.873. The Kier molecular flexibility index (Phi) is 5.50. The number of primary amides is 1. The number of carbonyl (C=O) groups is 1. The molecule has 0 bridgehead atoms. The van der Waals surface area contributed by atoms with Crippen LogP contribution in [0.3, 0.4) is 0 Å². The molecule has 3 nitrogen and oxygen atoms in total. The summed E-state index contributed by atoms with van der Waals surface area (Å²) in [7, 11) is 0. The summed E-state index contributed by atoms with van der Waals surface area (Å²) in [6.45, 7) is 1.95. The van der Waals surface area contributed by atoms with Crippen molar-refractivity contribution in [1.29, 1.82) is 0 Å². The van der Waals surface area contributed by atoms with Crippen LogP contribution in [-0.2, 0) is 10.5 Å². The van der Waals surface area contributed by atoms with Gasteiger partial charge in [0.15, 0.2) is 5.67 Å². The van der Waals surface area contributed by atoms with E-state index in [1.165, 1.54) is 23.8 Å². The number of nitrogens with one attached hydrogen (secondary N) is 1. The molecule has 0 radical (unpaired) electrons. The van der Waals surface area contributed by atoms with Crippen LogP contribution in [0, 0.1) is 5.92 Å². The first-order valence-electron chi connectivity index (χ1n) is 7.36. The third-order valence-electron chi connectivity index (χ3n) is 4.44. The number of hydrogen-bond donors (Lipinski definition) is 2. The molecule has 3 unspecified atom stereocenters. The molecule has 0 saturated carbocycles. The number of rotatable bonds is 3. The summed E-state index contributed by atoms with van der Waals surface area (Å²) in [5.41, 5.74) is 4.92. The van der Waals surface area contributed by atoms with Crippen molar-refractivity contribution in [2.75, 3.05) is 13.1 Å². The SMILES string of the molecule is Cl.NC(=O)C1C=CC(Cl)=CC1(F)c1ccc(C2CCNC2)cc1. The fourth-order valence-electron chi connectivity index (χ4n) is 3.18. The zero-order valence-corrected chi connectivity index (χ0v) is 14.0. The van der Waals surface area contributed by atoms with Gasteiger partial charge in [0, 0.05) is 11.6 Å². The van der Waals surface area contributed by atoms with Gasteiger partial charge in [-0.05, 0) is 42.2 Å². The summed E-state index contributed by atoms with van der Waals surface area (Å²) in [6, 6.07) is 7.30. The Bertz CT molecular complexity index is 638. The van der Waals surface area contributed by atoms with Crippen LogP contribution in [0.5, 0.6) is 0 Å². The Hall–Kier alpha value is -1.36. The van der Waals surface area contributed by atoms with Crippen LogP contribution in [-0.4, -0.2) is 19.0 Å². The molecule has 3 N–H and O–H groups in total. The summed E-state index contributed by atoms with van der Waals surface area (Å²) in [4.78, 5) is 11.6. The minimum atomic E-state index is -2.00. The molecule has 2 aliphatic rings. The van der Waals surface area contributed by atoms with Crippen molar-refractivity contribution in [3.63, 3.8) is 0 Å². The molecule has 0 spiro atoms. The summed E-state index contributed by atoms with van der Waals surface area (Å²) in [5.74, 6) is -1.29. The van der Waals surface area contributed by atoms with Gasteiger partial charge in [0.1, 0.15) is 0 Å². The molecule has 6 heteroatoms. The number of allylic oxidation sites excluding steroid dienone is 3. The number of alkyl halides is 1. The number of hydrogen-bond acceptors (Lipinski definition) is 2. The standard InChI is InChI=1S/C17H18ClFN2O.ClH/c18-14-5-6-15(16(20)22)17(19,9-14)13-3-1-11(2-4-13)12-7-8-21-10-12;/h1-6,9,12,15,21H,7-8,10H2,(H2,20,22);1H. The molecule has 1 fully saturated rings. The first-order valence-corrected chi connectivity index (χ1v) is 7.74. The second-order valence-electron chi connectivity index (χ2n) is 5.85. The fourth-order valence-corrected chi connectivity index (χ4v) is 3.41. The molecule has 1 aromatic rings. The summed E-state index contributed by atoms with van der Waals surface area (Å²) in [5, 5.41) is 3.58. The van der Waals surface area contributed by atoms with E-state index >= 15 is 4.39 Å². The van der Waals surface area contributed by atoms with Crippen LogP contribution in [0.4, 0.5) is 4.39 Å². The maximum Gasteiger partial charge on any atom is 0.228 e. The van der Waals surface area contributed by atoms with E-state index < -0.39 is 17.5 Å². The van der Waals surface area contributed by atoms with Gasteiger partial charge in [-0.2, -0.15) is 0 Å². The maximum absolute atomic E-state index is 15.5. The van der Waals surface area contributed by atoms with Crippen molar-refractivity contribution in [2.24, 2.45) is 11.7 Å². The molecule has 1 saturated heterocycles. The zero-order chi connectivity index (χ0) is 15.7. The molecule has 3 atom stereocenters. The highest BCUT2D eigenvalue weighted by atomic mass is 35.5. The van der Waals surface area contributed by atoms with Crippen molar-refractivity contribution in [2.45, 2.75) is 18.0 Å². The number of nitrogens with two attached hydrogens (primary N) is 1. The lowest BCUT2D eigenvalue weighted by atomic mass is 9.79. The molecule has 1 aliphatic carbocycles. The second kappa shape index (κ2) is 7.04. The van der Waals surface area contributed by atoms with Gasteiger partial charge in [-0.3, -0.25) is 4.79 Å². The smallest absolute Gasteiger partial charge is 0.228 e. The Morgan fingerprint density at radius 1 is 1.35 bits per heavy atom. The van der Waals surface area contributed by atoms with Gasteiger partial charge in [-0.1, -0.05) is 41.9 Å². The van der Waals surface area contributed by atoms with E-state index in [-0.39, 0.29) is 17.4 Å². The lowest BCUT2D eigenvalue weighted by Crippen LogP contribution is -2.38. The molecule has 1 amide bonds. The van der Waals surface area contributed by atoms with Gasteiger partial charge in [-0.25, -0.2) is 4.39 Å². The van der Waals surface area contributed by atoms with Gasteiger partial charge in [-0.15, -0.1) is 12.4 Å². The number of amides is 1. The lowest BCUT2D eigenvalue weighted by Gasteiger charge is -2.30. The largest absolute Gasteiger partial charge is 0.369 e. The van der Waals surface area contributed by atoms with E-state index in [1.807, 2.05) is 12.1 Å². The van der Waals surface area contributed by atoms with Crippen LogP contribution >= 0.6 is 24.0 Å². The van der Waals surface area contributed by atoms with Crippen molar-refractivity contribution in [3.05, 3.63) is 58.7 Å². The molecule has 23 heavy (non-hydrogen) atoms. The normalized spacial score (nSPS) is 29.7. The lowest BCUT2D eigenvalue weighted by molar-refractivity contribution is -0.123. The van der Waals surface area contributed by atoms with E-state index in [4.69, 9.17) is 17.3 Å². The number of halogens is 3. The van der Waals surface area contributed by atoms with E-state index in [0.29, 0.717) is 11.5 Å². The fraction of sp³-hybridized carbons (Fsp3) is 0.353.